The summed E-state index contributed by atoms with van der Waals surface area (Å²) < 4.78 is 7.54. The Kier molecular flexibility index (Phi) is 4.23. The molecule has 1 rings (SSSR count). The molecule has 0 aliphatic carbocycles. The minimum atomic E-state index is 0.198. The van der Waals surface area contributed by atoms with Crippen LogP contribution >= 0.6 is 0 Å². The lowest BCUT2D eigenvalue weighted by molar-refractivity contribution is 0.0586. The normalized spacial score (nSPS) is 11.7. The van der Waals surface area contributed by atoms with Gasteiger partial charge >= 0.3 is 0 Å². The standard InChI is InChI=1S/C10H20N4O/c1-7(2)14-9(5-11)12-13-10(14)6-15-8(3)4/h7-8H,5-6,11H2,1-4H3. The number of ether oxygens (including phenoxy) is 1. The van der Waals surface area contributed by atoms with Crippen LogP contribution in [0.25, 0.3) is 0 Å². The molecule has 0 atom stereocenters. The predicted octanol–water partition coefficient (Wildman–Crippen LogP) is 1.24. The lowest BCUT2D eigenvalue weighted by atomic mass is 10.3. The molecule has 1 heterocycles. The van der Waals surface area contributed by atoms with Gasteiger partial charge in [-0.15, -0.1) is 10.2 Å². The molecule has 0 saturated carbocycles. The van der Waals surface area contributed by atoms with E-state index in [-0.39, 0.29) is 6.10 Å². The summed E-state index contributed by atoms with van der Waals surface area (Å²) in [5, 5.41) is 8.13. The highest BCUT2D eigenvalue weighted by Gasteiger charge is 2.13. The van der Waals surface area contributed by atoms with E-state index in [1.165, 1.54) is 0 Å². The second-order valence-electron chi connectivity index (χ2n) is 4.06. The summed E-state index contributed by atoms with van der Waals surface area (Å²) >= 11 is 0. The summed E-state index contributed by atoms with van der Waals surface area (Å²) in [5.41, 5.74) is 5.59. The summed E-state index contributed by atoms with van der Waals surface area (Å²) in [5.74, 6) is 1.66. The van der Waals surface area contributed by atoms with Gasteiger partial charge in [0.2, 0.25) is 0 Å². The molecular formula is C10H20N4O. The Bertz CT molecular complexity index is 306. The molecule has 0 bridgehead atoms. The van der Waals surface area contributed by atoms with Gasteiger partial charge in [0.1, 0.15) is 12.4 Å². The number of hydrogen-bond donors (Lipinski definition) is 1. The first kappa shape index (κ1) is 12.1. The van der Waals surface area contributed by atoms with Gasteiger partial charge in [-0.2, -0.15) is 0 Å². The topological polar surface area (TPSA) is 66.0 Å². The van der Waals surface area contributed by atoms with Crippen LogP contribution in [0.2, 0.25) is 0 Å². The van der Waals surface area contributed by atoms with E-state index in [9.17, 15) is 0 Å². The van der Waals surface area contributed by atoms with Gasteiger partial charge < -0.3 is 15.0 Å². The lowest BCUT2D eigenvalue weighted by Gasteiger charge is -2.14. The zero-order chi connectivity index (χ0) is 11.4. The first-order valence-corrected chi connectivity index (χ1v) is 5.30. The third kappa shape index (κ3) is 3.00. The third-order valence-electron chi connectivity index (χ3n) is 2.08. The zero-order valence-corrected chi connectivity index (χ0v) is 9.90. The van der Waals surface area contributed by atoms with Crippen LogP contribution < -0.4 is 5.73 Å². The van der Waals surface area contributed by atoms with E-state index >= 15 is 0 Å². The van der Waals surface area contributed by atoms with Crippen molar-refractivity contribution in [2.24, 2.45) is 5.73 Å². The summed E-state index contributed by atoms with van der Waals surface area (Å²) in [6.45, 7) is 9.07. The molecule has 0 unspecified atom stereocenters. The first-order valence-electron chi connectivity index (χ1n) is 5.30. The van der Waals surface area contributed by atoms with E-state index in [2.05, 4.69) is 24.0 Å². The summed E-state index contributed by atoms with van der Waals surface area (Å²) in [6, 6.07) is 0.310. The average molecular weight is 212 g/mol. The molecule has 1 aromatic heterocycles. The fraction of sp³-hybridized carbons (Fsp3) is 0.800. The van der Waals surface area contributed by atoms with Crippen LogP contribution in [0.4, 0.5) is 0 Å². The minimum absolute atomic E-state index is 0.198. The number of rotatable bonds is 5. The summed E-state index contributed by atoms with van der Waals surface area (Å²) in [7, 11) is 0. The van der Waals surface area contributed by atoms with Crippen LogP contribution in [-0.4, -0.2) is 20.9 Å². The highest BCUT2D eigenvalue weighted by Crippen LogP contribution is 2.12. The van der Waals surface area contributed by atoms with E-state index in [1.807, 2.05) is 18.4 Å². The van der Waals surface area contributed by atoms with Crippen LogP contribution in [0, 0.1) is 0 Å². The molecule has 0 fully saturated rings. The van der Waals surface area contributed by atoms with E-state index in [4.69, 9.17) is 10.5 Å². The molecule has 0 radical (unpaired) electrons. The van der Waals surface area contributed by atoms with E-state index < -0.39 is 0 Å². The molecule has 0 aliphatic rings. The highest BCUT2D eigenvalue weighted by atomic mass is 16.5. The zero-order valence-electron chi connectivity index (χ0n) is 9.90. The van der Waals surface area contributed by atoms with Crippen molar-refractivity contribution in [3.05, 3.63) is 11.6 Å². The Labute approximate surface area is 90.6 Å². The van der Waals surface area contributed by atoms with Gasteiger partial charge in [-0.3, -0.25) is 0 Å². The second kappa shape index (κ2) is 5.23. The van der Waals surface area contributed by atoms with Crippen molar-refractivity contribution in [3.8, 4) is 0 Å². The van der Waals surface area contributed by atoms with Crippen LogP contribution in [-0.2, 0) is 17.9 Å². The third-order valence-corrected chi connectivity index (χ3v) is 2.08. The molecular weight excluding hydrogens is 192 g/mol. The van der Waals surface area contributed by atoms with E-state index in [1.54, 1.807) is 0 Å². The van der Waals surface area contributed by atoms with Crippen molar-refractivity contribution >= 4 is 0 Å². The number of aromatic nitrogens is 3. The van der Waals surface area contributed by atoms with E-state index in [0.717, 1.165) is 11.6 Å². The van der Waals surface area contributed by atoms with Crippen molar-refractivity contribution in [1.82, 2.24) is 14.8 Å². The number of nitrogens with zero attached hydrogens (tertiary/aromatic N) is 3. The Balaban J connectivity index is 2.82. The molecule has 1 aromatic rings. The highest BCUT2D eigenvalue weighted by molar-refractivity contribution is 4.96. The molecule has 5 heteroatoms. The minimum Gasteiger partial charge on any atom is -0.371 e. The fourth-order valence-electron chi connectivity index (χ4n) is 1.44. The first-order chi connectivity index (χ1) is 7.06. The van der Waals surface area contributed by atoms with Crippen LogP contribution in [0.15, 0.2) is 0 Å². The second-order valence-corrected chi connectivity index (χ2v) is 4.06. The monoisotopic (exact) mass is 212 g/mol. The molecule has 15 heavy (non-hydrogen) atoms. The number of hydrogen-bond acceptors (Lipinski definition) is 4. The largest absolute Gasteiger partial charge is 0.371 e. The van der Waals surface area contributed by atoms with Gasteiger partial charge in [0.15, 0.2) is 5.82 Å². The Morgan fingerprint density at radius 3 is 2.27 bits per heavy atom. The number of nitrogens with two attached hydrogens (primary N) is 1. The Hall–Kier alpha value is -0.940. The summed E-state index contributed by atoms with van der Waals surface area (Å²) in [6.07, 6.45) is 0.198. The van der Waals surface area contributed by atoms with Gasteiger partial charge in [-0.05, 0) is 27.7 Å². The fourth-order valence-corrected chi connectivity index (χ4v) is 1.44. The average Bonchev–Trinajstić information content (AvgIpc) is 2.57. The SMILES string of the molecule is CC(C)OCc1nnc(CN)n1C(C)C. The van der Waals surface area contributed by atoms with Crippen LogP contribution in [0.5, 0.6) is 0 Å². The smallest absolute Gasteiger partial charge is 0.159 e. The maximum atomic E-state index is 5.59. The Morgan fingerprint density at radius 2 is 1.80 bits per heavy atom. The van der Waals surface area contributed by atoms with Crippen molar-refractivity contribution in [2.75, 3.05) is 0 Å². The molecule has 2 N–H and O–H groups in total. The Morgan fingerprint density at radius 1 is 1.20 bits per heavy atom. The van der Waals surface area contributed by atoms with Gasteiger partial charge in [0, 0.05) is 6.04 Å². The molecule has 0 spiro atoms. The molecule has 0 aliphatic heterocycles. The van der Waals surface area contributed by atoms with Crippen LogP contribution in [0.3, 0.4) is 0 Å². The van der Waals surface area contributed by atoms with Gasteiger partial charge in [-0.1, -0.05) is 0 Å². The predicted molar refractivity (Wildman–Crippen MR) is 58.2 cm³/mol. The maximum Gasteiger partial charge on any atom is 0.159 e. The quantitative estimate of drug-likeness (QED) is 0.797. The van der Waals surface area contributed by atoms with Gasteiger partial charge in [-0.25, -0.2) is 0 Å². The van der Waals surface area contributed by atoms with Crippen molar-refractivity contribution in [2.45, 2.75) is 53.0 Å². The summed E-state index contributed by atoms with van der Waals surface area (Å²) in [4.78, 5) is 0. The molecule has 0 aromatic carbocycles. The maximum absolute atomic E-state index is 5.59. The van der Waals surface area contributed by atoms with Crippen LogP contribution in [0.1, 0.15) is 45.4 Å². The molecule has 5 nitrogen and oxygen atoms in total. The molecule has 0 saturated heterocycles. The lowest BCUT2D eigenvalue weighted by Crippen LogP contribution is -2.15. The van der Waals surface area contributed by atoms with Gasteiger partial charge in [0.25, 0.3) is 0 Å². The van der Waals surface area contributed by atoms with Crippen molar-refractivity contribution in [1.29, 1.82) is 0 Å². The molecule has 86 valence electrons. The van der Waals surface area contributed by atoms with Crippen molar-refractivity contribution < 1.29 is 4.74 Å². The van der Waals surface area contributed by atoms with E-state index in [0.29, 0.717) is 19.2 Å². The van der Waals surface area contributed by atoms with Gasteiger partial charge in [0.05, 0.1) is 12.6 Å². The molecule has 0 amide bonds. The van der Waals surface area contributed by atoms with Crippen molar-refractivity contribution in [3.63, 3.8) is 0 Å².